The van der Waals surface area contributed by atoms with Crippen molar-refractivity contribution in [1.29, 1.82) is 0 Å². The first-order valence-electron chi connectivity index (χ1n) is 14.8. The number of halogens is 5. The topological polar surface area (TPSA) is 53.8 Å². The minimum absolute atomic E-state index is 0.00547. The van der Waals surface area contributed by atoms with Gasteiger partial charge in [-0.05, 0) is 53.9 Å². The molecule has 0 aliphatic carbocycles. The lowest BCUT2D eigenvalue weighted by Gasteiger charge is -2.44. The average Bonchev–Trinajstić information content (AvgIpc) is 3.45. The third-order valence-electron chi connectivity index (χ3n) is 9.35. The average molecular weight is 618 g/mol. The standard InChI is InChI=1S/C32H36F5N5O2/c1-19(2)26-15-39(3)8-9-41(26)13-20-10-23-24(25(11-20)32(35,36)37)14-42(30(23)43)22-7-5-6-21(12-22)31(17-44-18-31)28(34)29-38-27(33)16-40(29)4/h5-7,10-12,16,19,26,28H,8-9,13-15,17-18H2,1-4H3/t26?,28-/m0/s1. The molecule has 2 fully saturated rings. The molecule has 1 amide bonds. The van der Waals surface area contributed by atoms with Crippen molar-refractivity contribution in [2.75, 3.05) is 44.8 Å². The third kappa shape index (κ3) is 5.30. The summed E-state index contributed by atoms with van der Waals surface area (Å²) in [5, 5.41) is 0. The molecule has 3 aliphatic heterocycles. The molecule has 6 rings (SSSR count). The number of imidazole rings is 1. The SMILES string of the molecule is CC(C)C1CN(C)CCN1Cc1cc2c(c(C(F)(F)F)c1)CN(c1cccc(C3([C@@H](F)c4nc(F)cn4C)COC3)c1)C2=O. The zero-order valence-electron chi connectivity index (χ0n) is 25.2. The minimum atomic E-state index is -4.65. The Bertz CT molecular complexity index is 1570. The first-order chi connectivity index (χ1) is 20.8. The maximum atomic E-state index is 16.0. The number of aryl methyl sites for hydroxylation is 1. The van der Waals surface area contributed by atoms with E-state index in [1.807, 2.05) is 7.05 Å². The van der Waals surface area contributed by atoms with Crippen molar-refractivity contribution in [2.24, 2.45) is 13.0 Å². The summed E-state index contributed by atoms with van der Waals surface area (Å²) in [7, 11) is 3.54. The predicted octanol–water partition coefficient (Wildman–Crippen LogP) is 5.49. The number of amides is 1. The molecule has 3 aliphatic rings. The van der Waals surface area contributed by atoms with Crippen molar-refractivity contribution in [3.8, 4) is 0 Å². The number of likely N-dealkylation sites (N-methyl/N-ethyl adjacent to an activating group) is 1. The van der Waals surface area contributed by atoms with Gasteiger partial charge in [-0.25, -0.2) is 9.37 Å². The Morgan fingerprint density at radius 2 is 1.86 bits per heavy atom. The predicted molar refractivity (Wildman–Crippen MR) is 154 cm³/mol. The molecule has 0 radical (unpaired) electrons. The number of carbonyl (C=O) groups is 1. The van der Waals surface area contributed by atoms with Crippen LogP contribution < -0.4 is 4.90 Å². The van der Waals surface area contributed by atoms with Crippen molar-refractivity contribution in [2.45, 2.75) is 50.7 Å². The van der Waals surface area contributed by atoms with E-state index in [1.54, 1.807) is 30.3 Å². The van der Waals surface area contributed by atoms with Gasteiger partial charge in [0.15, 0.2) is 6.17 Å². The molecule has 0 spiro atoms. The molecule has 7 nitrogen and oxygen atoms in total. The number of hydrogen-bond donors (Lipinski definition) is 0. The van der Waals surface area contributed by atoms with Crippen LogP contribution in [-0.4, -0.2) is 71.2 Å². The summed E-state index contributed by atoms with van der Waals surface area (Å²) >= 11 is 0. The van der Waals surface area contributed by atoms with E-state index in [0.29, 0.717) is 29.3 Å². The molecule has 0 saturated carbocycles. The number of aromatic nitrogens is 2. The minimum Gasteiger partial charge on any atom is -0.379 e. The molecule has 2 saturated heterocycles. The van der Waals surface area contributed by atoms with Gasteiger partial charge in [-0.15, -0.1) is 0 Å². The first-order valence-corrected chi connectivity index (χ1v) is 14.8. The van der Waals surface area contributed by atoms with E-state index < -0.39 is 35.2 Å². The Hall–Kier alpha value is -3.35. The van der Waals surface area contributed by atoms with E-state index >= 15 is 4.39 Å². The van der Waals surface area contributed by atoms with E-state index in [0.717, 1.165) is 25.8 Å². The normalized spacial score (nSPS) is 21.5. The van der Waals surface area contributed by atoms with Gasteiger partial charge < -0.3 is 19.1 Å². The lowest BCUT2D eigenvalue weighted by Crippen LogP contribution is -2.53. The number of rotatable bonds is 7. The van der Waals surface area contributed by atoms with Gasteiger partial charge in [-0.1, -0.05) is 26.0 Å². The highest BCUT2D eigenvalue weighted by Crippen LogP contribution is 2.47. The number of nitrogens with zero attached hydrogens (tertiary/aromatic N) is 5. The van der Waals surface area contributed by atoms with Crippen LogP contribution in [-0.2, 0) is 36.5 Å². The Balaban J connectivity index is 1.32. The van der Waals surface area contributed by atoms with Gasteiger partial charge in [0.1, 0.15) is 5.82 Å². The highest BCUT2D eigenvalue weighted by molar-refractivity contribution is 6.10. The molecule has 1 unspecified atom stereocenters. The van der Waals surface area contributed by atoms with Crippen LogP contribution in [0.25, 0.3) is 0 Å². The zero-order valence-corrected chi connectivity index (χ0v) is 25.2. The van der Waals surface area contributed by atoms with E-state index in [9.17, 15) is 22.4 Å². The first kappa shape index (κ1) is 30.7. The second-order valence-corrected chi connectivity index (χ2v) is 12.7. The van der Waals surface area contributed by atoms with Gasteiger partial charge in [0.25, 0.3) is 5.91 Å². The lowest BCUT2D eigenvalue weighted by molar-refractivity contribution is -0.138. The summed E-state index contributed by atoms with van der Waals surface area (Å²) in [6.07, 6.45) is -5.27. The summed E-state index contributed by atoms with van der Waals surface area (Å²) in [6, 6.07) is 9.52. The van der Waals surface area contributed by atoms with Crippen molar-refractivity contribution in [1.82, 2.24) is 19.4 Å². The molecular weight excluding hydrogens is 581 g/mol. The molecule has 3 aromatic rings. The summed E-state index contributed by atoms with van der Waals surface area (Å²) in [4.78, 5) is 23.2. The van der Waals surface area contributed by atoms with Gasteiger partial charge in [0, 0.05) is 50.5 Å². The zero-order chi connectivity index (χ0) is 31.6. The van der Waals surface area contributed by atoms with Crippen molar-refractivity contribution in [3.05, 3.63) is 82.2 Å². The second-order valence-electron chi connectivity index (χ2n) is 12.7. The molecule has 12 heteroatoms. The summed E-state index contributed by atoms with van der Waals surface area (Å²) < 4.78 is 79.7. The van der Waals surface area contributed by atoms with Crippen LogP contribution >= 0.6 is 0 Å². The van der Waals surface area contributed by atoms with Gasteiger partial charge in [0.2, 0.25) is 5.95 Å². The molecule has 0 bridgehead atoms. The molecule has 2 atom stereocenters. The van der Waals surface area contributed by atoms with E-state index in [1.165, 1.54) is 22.6 Å². The maximum absolute atomic E-state index is 16.0. The fourth-order valence-electron chi connectivity index (χ4n) is 6.77. The lowest BCUT2D eigenvalue weighted by atomic mass is 9.74. The van der Waals surface area contributed by atoms with Gasteiger partial charge in [0.05, 0.1) is 36.9 Å². The summed E-state index contributed by atoms with van der Waals surface area (Å²) in [5.74, 6) is -1.13. The van der Waals surface area contributed by atoms with E-state index in [2.05, 4.69) is 28.6 Å². The van der Waals surface area contributed by atoms with Crippen LogP contribution in [0.1, 0.15) is 58.5 Å². The monoisotopic (exact) mass is 617 g/mol. The Morgan fingerprint density at radius 1 is 1.11 bits per heavy atom. The van der Waals surface area contributed by atoms with Crippen LogP contribution in [0.3, 0.4) is 0 Å². The number of anilines is 1. The molecule has 44 heavy (non-hydrogen) atoms. The molecular formula is C32H36F5N5O2. The van der Waals surface area contributed by atoms with Crippen molar-refractivity contribution < 1.29 is 31.5 Å². The number of piperazine rings is 1. The molecule has 4 heterocycles. The number of hydrogen-bond acceptors (Lipinski definition) is 5. The summed E-state index contributed by atoms with van der Waals surface area (Å²) in [5.41, 5.74) is -0.737. The highest BCUT2D eigenvalue weighted by Gasteiger charge is 2.51. The summed E-state index contributed by atoms with van der Waals surface area (Å²) in [6.45, 7) is 6.62. The Morgan fingerprint density at radius 3 is 2.48 bits per heavy atom. The smallest absolute Gasteiger partial charge is 0.379 e. The second kappa shape index (κ2) is 11.2. The van der Waals surface area contributed by atoms with E-state index in [-0.39, 0.29) is 42.8 Å². The third-order valence-corrected chi connectivity index (χ3v) is 9.35. The number of fused-ring (bicyclic) bond motifs is 1. The molecule has 1 aromatic heterocycles. The maximum Gasteiger partial charge on any atom is 0.416 e. The van der Waals surface area contributed by atoms with Crippen molar-refractivity contribution in [3.63, 3.8) is 0 Å². The number of ether oxygens (including phenoxy) is 1. The van der Waals surface area contributed by atoms with Gasteiger partial charge in [-0.3, -0.25) is 9.69 Å². The number of benzene rings is 2. The van der Waals surface area contributed by atoms with Crippen LogP contribution in [0.4, 0.5) is 27.6 Å². The van der Waals surface area contributed by atoms with Crippen LogP contribution in [0.2, 0.25) is 0 Å². The molecule has 2 aromatic carbocycles. The van der Waals surface area contributed by atoms with Crippen LogP contribution in [0.15, 0.2) is 42.6 Å². The van der Waals surface area contributed by atoms with Crippen LogP contribution in [0, 0.1) is 11.9 Å². The fourth-order valence-corrected chi connectivity index (χ4v) is 6.77. The largest absolute Gasteiger partial charge is 0.416 e. The quantitative estimate of drug-likeness (QED) is 0.329. The molecule has 0 N–H and O–H groups in total. The highest BCUT2D eigenvalue weighted by atomic mass is 19.4. The number of alkyl halides is 4. The fraction of sp³-hybridized carbons (Fsp3) is 0.500. The molecule has 236 valence electrons. The van der Waals surface area contributed by atoms with Gasteiger partial charge in [-0.2, -0.15) is 17.6 Å². The van der Waals surface area contributed by atoms with Gasteiger partial charge >= 0.3 is 6.18 Å². The van der Waals surface area contributed by atoms with Crippen molar-refractivity contribution >= 4 is 11.6 Å². The van der Waals surface area contributed by atoms with Crippen LogP contribution in [0.5, 0.6) is 0 Å². The Kier molecular flexibility index (Phi) is 7.82. The van der Waals surface area contributed by atoms with E-state index in [4.69, 9.17) is 4.74 Å². The number of carbonyl (C=O) groups excluding carboxylic acids is 1. The Labute approximate surface area is 253 Å².